The van der Waals surface area contributed by atoms with Gasteiger partial charge in [-0.2, -0.15) is 0 Å². The average Bonchev–Trinajstić information content (AvgIpc) is 3.48. The number of nitrogens with zero attached hydrogens (tertiary/aromatic N) is 1. The van der Waals surface area contributed by atoms with E-state index in [-0.39, 0.29) is 36.6 Å². The van der Waals surface area contributed by atoms with Gasteiger partial charge in [0.2, 0.25) is 5.91 Å². The van der Waals surface area contributed by atoms with E-state index >= 15 is 0 Å². The predicted octanol–water partition coefficient (Wildman–Crippen LogP) is 8.90. The zero-order chi connectivity index (χ0) is 40.8. The molecule has 1 aliphatic rings. The van der Waals surface area contributed by atoms with Gasteiger partial charge in [0.15, 0.2) is 5.78 Å². The van der Waals surface area contributed by atoms with Crippen molar-refractivity contribution in [1.29, 1.82) is 0 Å². The van der Waals surface area contributed by atoms with E-state index in [4.69, 9.17) is 9.05 Å². The van der Waals surface area contributed by atoms with Crippen LogP contribution in [0.5, 0.6) is 0 Å². The maximum absolute atomic E-state index is 12.9. The Morgan fingerprint density at radius 2 is 1.42 bits per heavy atom. The number of phosphoric acid groups is 1. The minimum absolute atomic E-state index is 0.0244. The molecule has 0 saturated heterocycles. The number of phosphoric ester groups is 1. The number of amides is 1. The standard InChI is InChI=1S/C44H81N2O8P/c1-6-8-10-11-12-13-14-15-16-17-18-19-20-25-29-43(49)41(37-54-55(51,52)53-36-35-46(3,4)5)45-44(50)30-26-22-21-24-27-38-31-34-42(48)40(38)33-32-39(47)28-23-9-7-2/h21,24,31-34,38-41,43,47,49H,6-20,22-23,25-30,35-37H2,1-5H3,(H-,45,50,51,52)/b24-21-,33-32+/t38-,39-,40+,41-,43+/m0/s1. The molecule has 0 aromatic heterocycles. The Morgan fingerprint density at radius 1 is 0.855 bits per heavy atom. The molecule has 0 saturated carbocycles. The summed E-state index contributed by atoms with van der Waals surface area (Å²) in [6.07, 6.45) is 33.4. The summed E-state index contributed by atoms with van der Waals surface area (Å²) in [5.74, 6) is -0.442. The maximum atomic E-state index is 12.9. The van der Waals surface area contributed by atoms with Gasteiger partial charge in [-0.25, -0.2) is 0 Å². The van der Waals surface area contributed by atoms with E-state index in [9.17, 15) is 29.3 Å². The molecular weight excluding hydrogens is 715 g/mol. The number of aliphatic hydroxyl groups excluding tert-OH is 2. The van der Waals surface area contributed by atoms with Crippen molar-refractivity contribution in [2.75, 3.05) is 40.9 Å². The fourth-order valence-corrected chi connectivity index (χ4v) is 7.46. The fourth-order valence-electron chi connectivity index (χ4n) is 6.73. The summed E-state index contributed by atoms with van der Waals surface area (Å²) in [7, 11) is 1.18. The highest BCUT2D eigenvalue weighted by Crippen LogP contribution is 2.38. The molecule has 1 aliphatic carbocycles. The van der Waals surface area contributed by atoms with Crippen molar-refractivity contribution in [1.82, 2.24) is 5.32 Å². The predicted molar refractivity (Wildman–Crippen MR) is 223 cm³/mol. The van der Waals surface area contributed by atoms with Crippen LogP contribution in [0.2, 0.25) is 0 Å². The van der Waals surface area contributed by atoms with Gasteiger partial charge in [-0.15, -0.1) is 0 Å². The Balaban J connectivity index is 2.51. The van der Waals surface area contributed by atoms with E-state index in [0.29, 0.717) is 43.1 Å². The zero-order valence-electron chi connectivity index (χ0n) is 35.5. The molecule has 0 heterocycles. The first-order valence-corrected chi connectivity index (χ1v) is 23.4. The molecule has 0 spiro atoms. The number of likely N-dealkylation sites (N-methyl/N-ethyl adjacent to an activating group) is 1. The first kappa shape index (κ1) is 51.4. The summed E-state index contributed by atoms with van der Waals surface area (Å²) < 4.78 is 23.2. The molecule has 0 radical (unpaired) electrons. The first-order valence-electron chi connectivity index (χ1n) is 21.9. The number of carbonyl (C=O) groups is 2. The largest absolute Gasteiger partial charge is 0.756 e. The summed E-state index contributed by atoms with van der Waals surface area (Å²) >= 11 is 0. The normalized spacial score (nSPS) is 19.0. The Kier molecular flexibility index (Phi) is 29.3. The minimum Gasteiger partial charge on any atom is -0.756 e. The number of aliphatic hydroxyl groups is 2. The van der Waals surface area contributed by atoms with Crippen molar-refractivity contribution < 1.29 is 42.8 Å². The second-order valence-corrected chi connectivity index (χ2v) is 18.1. The SMILES string of the molecule is CCCCCCCCCCCCCCCC[C@@H](O)[C@H](COP(=O)([O-])OCC[N+](C)(C)C)NC(=O)CCC/C=C\C[C@H]1C=CC(=O)[C@@H]1/C=C/[C@@H](O)CCCCC. The second kappa shape index (κ2) is 31.4. The Hall–Kier alpha value is -1.65. The molecule has 320 valence electrons. The summed E-state index contributed by atoms with van der Waals surface area (Å²) in [6, 6.07) is -0.879. The van der Waals surface area contributed by atoms with Crippen LogP contribution in [0.4, 0.5) is 0 Å². The number of hydrogen-bond donors (Lipinski definition) is 3. The lowest BCUT2D eigenvalue weighted by atomic mass is 9.90. The molecule has 0 aromatic carbocycles. The lowest BCUT2D eigenvalue weighted by Crippen LogP contribution is -2.46. The van der Waals surface area contributed by atoms with Crippen LogP contribution in [0.3, 0.4) is 0 Å². The molecule has 3 N–H and O–H groups in total. The Bertz CT molecular complexity index is 1140. The maximum Gasteiger partial charge on any atom is 0.268 e. The highest BCUT2D eigenvalue weighted by molar-refractivity contribution is 7.45. The third-order valence-electron chi connectivity index (χ3n) is 10.4. The van der Waals surface area contributed by atoms with E-state index in [1.807, 2.05) is 45.4 Å². The van der Waals surface area contributed by atoms with Crippen molar-refractivity contribution in [2.45, 2.75) is 180 Å². The summed E-state index contributed by atoms with van der Waals surface area (Å²) in [5.41, 5.74) is 0. The van der Waals surface area contributed by atoms with Gasteiger partial charge < -0.3 is 34.0 Å². The Morgan fingerprint density at radius 3 is 2.02 bits per heavy atom. The third kappa shape index (κ3) is 28.4. The van der Waals surface area contributed by atoms with Gasteiger partial charge in [0.05, 0.1) is 46.0 Å². The van der Waals surface area contributed by atoms with Crippen molar-refractivity contribution in [3.63, 3.8) is 0 Å². The van der Waals surface area contributed by atoms with E-state index in [1.54, 1.807) is 12.2 Å². The van der Waals surface area contributed by atoms with Crippen molar-refractivity contribution in [2.24, 2.45) is 11.8 Å². The average molecular weight is 797 g/mol. The summed E-state index contributed by atoms with van der Waals surface area (Å²) in [6.45, 7) is 4.43. The van der Waals surface area contributed by atoms with Crippen LogP contribution in [0.25, 0.3) is 0 Å². The molecule has 1 amide bonds. The third-order valence-corrected chi connectivity index (χ3v) is 11.3. The minimum atomic E-state index is -4.62. The molecule has 1 rings (SSSR count). The molecule has 11 heteroatoms. The number of carbonyl (C=O) groups excluding carboxylic acids is 2. The topological polar surface area (TPSA) is 145 Å². The van der Waals surface area contributed by atoms with Gasteiger partial charge in [-0.1, -0.05) is 153 Å². The molecule has 0 aromatic rings. The molecular formula is C44H81N2O8P. The van der Waals surface area contributed by atoms with Crippen molar-refractivity contribution in [3.8, 4) is 0 Å². The molecule has 0 aliphatic heterocycles. The van der Waals surface area contributed by atoms with Crippen LogP contribution in [-0.4, -0.2) is 85.5 Å². The second-order valence-electron chi connectivity index (χ2n) is 16.7. The highest BCUT2D eigenvalue weighted by Gasteiger charge is 2.27. The summed E-state index contributed by atoms with van der Waals surface area (Å²) in [4.78, 5) is 37.8. The molecule has 0 fully saturated rings. The van der Waals surface area contributed by atoms with Crippen LogP contribution in [-0.2, 0) is 23.2 Å². The van der Waals surface area contributed by atoms with E-state index in [0.717, 1.165) is 38.5 Å². The first-order chi connectivity index (χ1) is 26.3. The van der Waals surface area contributed by atoms with Crippen LogP contribution in [0.1, 0.15) is 162 Å². The molecule has 55 heavy (non-hydrogen) atoms. The van der Waals surface area contributed by atoms with Crippen LogP contribution >= 0.6 is 7.82 Å². The molecule has 1 unspecified atom stereocenters. The number of ketones is 1. The van der Waals surface area contributed by atoms with E-state index in [2.05, 4.69) is 19.2 Å². The molecule has 6 atom stereocenters. The lowest BCUT2D eigenvalue weighted by Gasteiger charge is -2.30. The van der Waals surface area contributed by atoms with Gasteiger partial charge in [-0.3, -0.25) is 14.2 Å². The van der Waals surface area contributed by atoms with E-state index < -0.39 is 32.7 Å². The zero-order valence-corrected chi connectivity index (χ0v) is 36.4. The molecule has 10 nitrogen and oxygen atoms in total. The Labute approximate surface area is 335 Å². The lowest BCUT2D eigenvalue weighted by molar-refractivity contribution is -0.870. The van der Waals surface area contributed by atoms with Crippen LogP contribution in [0.15, 0.2) is 36.5 Å². The van der Waals surface area contributed by atoms with Gasteiger partial charge in [-0.05, 0) is 44.1 Å². The number of nitrogens with one attached hydrogen (secondary N) is 1. The van der Waals surface area contributed by atoms with Gasteiger partial charge >= 0.3 is 0 Å². The van der Waals surface area contributed by atoms with Gasteiger partial charge in [0.1, 0.15) is 13.2 Å². The van der Waals surface area contributed by atoms with Gasteiger partial charge in [0, 0.05) is 12.3 Å². The smallest absolute Gasteiger partial charge is 0.268 e. The number of hydrogen-bond acceptors (Lipinski definition) is 8. The van der Waals surface area contributed by atoms with Gasteiger partial charge in [0.25, 0.3) is 7.82 Å². The number of quaternary nitrogens is 1. The molecule has 0 bridgehead atoms. The fraction of sp³-hybridized carbons (Fsp3) is 0.818. The van der Waals surface area contributed by atoms with Crippen molar-refractivity contribution in [3.05, 3.63) is 36.5 Å². The highest BCUT2D eigenvalue weighted by atomic mass is 31.2. The number of rotatable bonds is 36. The quantitative estimate of drug-likeness (QED) is 0.0247. The van der Waals surface area contributed by atoms with Crippen LogP contribution < -0.4 is 10.2 Å². The van der Waals surface area contributed by atoms with E-state index in [1.165, 1.54) is 70.6 Å². The van der Waals surface area contributed by atoms with Crippen molar-refractivity contribution >= 4 is 19.5 Å². The van der Waals surface area contributed by atoms with Crippen LogP contribution in [0, 0.1) is 11.8 Å². The summed E-state index contributed by atoms with van der Waals surface area (Å²) in [5, 5.41) is 24.1. The monoisotopic (exact) mass is 797 g/mol. The number of allylic oxidation sites excluding steroid dienone is 5. The number of unbranched alkanes of at least 4 members (excludes halogenated alkanes) is 16.